The number of ether oxygens (including phenoxy) is 2. The Hall–Kier alpha value is -1.82. The predicted octanol–water partition coefficient (Wildman–Crippen LogP) is 3.65. The number of carbonyl (C=O) groups excluding carboxylic acids is 1. The number of rotatable bonds is 2. The molecule has 0 saturated carbocycles. The number of aromatic nitrogens is 1. The minimum Gasteiger partial charge on any atom is -0.494 e. The molecule has 2 rings (SSSR count). The maximum Gasteiger partial charge on any atom is 0.413 e. The lowest BCUT2D eigenvalue weighted by molar-refractivity contribution is 0.0636. The molecule has 0 saturated heterocycles. The third-order valence-electron chi connectivity index (χ3n) is 2.21. The van der Waals surface area contributed by atoms with E-state index in [0.29, 0.717) is 10.9 Å². The molecule has 0 bridgehead atoms. The molecule has 5 nitrogen and oxygen atoms in total. The molecule has 1 aromatic carbocycles. The molecular weight excluding hydrogens is 264 g/mol. The fourth-order valence-electron chi connectivity index (χ4n) is 1.53. The van der Waals surface area contributed by atoms with Gasteiger partial charge in [-0.1, -0.05) is 17.4 Å². The Labute approximate surface area is 115 Å². The number of thiazole rings is 1. The first-order valence-electron chi connectivity index (χ1n) is 5.82. The molecule has 2 aromatic rings. The fraction of sp³-hybridized carbons (Fsp3) is 0.385. The van der Waals surface area contributed by atoms with Crippen LogP contribution < -0.4 is 10.1 Å². The number of methoxy groups -OCH3 is 1. The number of anilines is 1. The number of carbonyl (C=O) groups is 1. The van der Waals surface area contributed by atoms with Gasteiger partial charge in [0.2, 0.25) is 0 Å². The standard InChI is InChI=1S/C13H16N2O3S/c1-13(2,3)18-12(16)15-11-14-10-8(17-4)6-5-7-9(10)19-11/h5-7H,1-4H3,(H,14,15,16). The average Bonchev–Trinajstić information content (AvgIpc) is 2.67. The third kappa shape index (κ3) is 3.35. The van der Waals surface area contributed by atoms with E-state index in [-0.39, 0.29) is 0 Å². The normalized spacial score (nSPS) is 11.4. The molecule has 0 atom stereocenters. The van der Waals surface area contributed by atoms with Crippen LogP contribution in [0.15, 0.2) is 18.2 Å². The van der Waals surface area contributed by atoms with Crippen LogP contribution in [-0.4, -0.2) is 23.8 Å². The summed E-state index contributed by atoms with van der Waals surface area (Å²) in [5, 5.41) is 3.12. The van der Waals surface area contributed by atoms with Crippen molar-refractivity contribution in [1.82, 2.24) is 4.98 Å². The van der Waals surface area contributed by atoms with Gasteiger partial charge in [-0.2, -0.15) is 0 Å². The zero-order chi connectivity index (χ0) is 14.0. The Balaban J connectivity index is 2.20. The van der Waals surface area contributed by atoms with Crippen LogP contribution in [-0.2, 0) is 4.74 Å². The SMILES string of the molecule is COc1cccc2sc(NC(=O)OC(C)(C)C)nc12. The van der Waals surface area contributed by atoms with E-state index < -0.39 is 11.7 Å². The van der Waals surface area contributed by atoms with Crippen LogP contribution in [0.5, 0.6) is 5.75 Å². The van der Waals surface area contributed by atoms with Gasteiger partial charge in [-0.05, 0) is 32.9 Å². The highest BCUT2D eigenvalue weighted by molar-refractivity contribution is 7.22. The zero-order valence-corrected chi connectivity index (χ0v) is 12.1. The summed E-state index contributed by atoms with van der Waals surface area (Å²) in [6.45, 7) is 5.44. The second-order valence-electron chi connectivity index (χ2n) is 4.95. The molecule has 1 amide bonds. The van der Waals surface area contributed by atoms with Gasteiger partial charge in [0.15, 0.2) is 5.13 Å². The van der Waals surface area contributed by atoms with E-state index >= 15 is 0 Å². The average molecular weight is 280 g/mol. The summed E-state index contributed by atoms with van der Waals surface area (Å²) < 4.78 is 11.4. The smallest absolute Gasteiger partial charge is 0.413 e. The molecule has 0 fully saturated rings. The molecule has 19 heavy (non-hydrogen) atoms. The first kappa shape index (κ1) is 13.6. The lowest BCUT2D eigenvalue weighted by Gasteiger charge is -2.18. The molecule has 0 unspecified atom stereocenters. The van der Waals surface area contributed by atoms with Crippen molar-refractivity contribution in [1.29, 1.82) is 0 Å². The third-order valence-corrected chi connectivity index (χ3v) is 3.15. The highest BCUT2D eigenvalue weighted by Gasteiger charge is 2.18. The summed E-state index contributed by atoms with van der Waals surface area (Å²) in [6, 6.07) is 5.64. The van der Waals surface area contributed by atoms with Gasteiger partial charge in [0.05, 0.1) is 11.8 Å². The van der Waals surface area contributed by atoms with E-state index in [9.17, 15) is 4.79 Å². The van der Waals surface area contributed by atoms with Crippen molar-refractivity contribution in [2.24, 2.45) is 0 Å². The summed E-state index contributed by atoms with van der Waals surface area (Å²) in [5.74, 6) is 0.686. The van der Waals surface area contributed by atoms with Crippen molar-refractivity contribution in [3.63, 3.8) is 0 Å². The van der Waals surface area contributed by atoms with Crippen molar-refractivity contribution >= 4 is 32.8 Å². The fourth-order valence-corrected chi connectivity index (χ4v) is 2.40. The Bertz CT molecular complexity index is 601. The second-order valence-corrected chi connectivity index (χ2v) is 5.98. The molecule has 0 radical (unpaired) electrons. The van der Waals surface area contributed by atoms with Crippen molar-refractivity contribution in [2.75, 3.05) is 12.4 Å². The number of hydrogen-bond acceptors (Lipinski definition) is 5. The van der Waals surface area contributed by atoms with Gasteiger partial charge in [-0.25, -0.2) is 9.78 Å². The predicted molar refractivity (Wildman–Crippen MR) is 76.0 cm³/mol. The number of benzene rings is 1. The number of nitrogens with zero attached hydrogens (tertiary/aromatic N) is 1. The van der Waals surface area contributed by atoms with E-state index in [0.717, 1.165) is 10.2 Å². The highest BCUT2D eigenvalue weighted by atomic mass is 32.1. The van der Waals surface area contributed by atoms with Gasteiger partial charge in [-0.3, -0.25) is 5.32 Å². The van der Waals surface area contributed by atoms with Crippen molar-refractivity contribution in [3.05, 3.63) is 18.2 Å². The first-order chi connectivity index (χ1) is 8.89. The largest absolute Gasteiger partial charge is 0.494 e. The minimum atomic E-state index is -0.529. The maximum absolute atomic E-state index is 11.7. The van der Waals surface area contributed by atoms with Crippen molar-refractivity contribution in [2.45, 2.75) is 26.4 Å². The van der Waals surface area contributed by atoms with E-state index in [1.165, 1.54) is 11.3 Å². The Morgan fingerprint density at radius 1 is 1.37 bits per heavy atom. The molecule has 0 aliphatic carbocycles. The van der Waals surface area contributed by atoms with Gasteiger partial charge < -0.3 is 9.47 Å². The molecular formula is C13H16N2O3S. The molecule has 0 aliphatic heterocycles. The Morgan fingerprint density at radius 2 is 2.11 bits per heavy atom. The minimum absolute atomic E-state index is 0.494. The highest BCUT2D eigenvalue weighted by Crippen LogP contribution is 2.32. The van der Waals surface area contributed by atoms with E-state index in [1.807, 2.05) is 39.0 Å². The van der Waals surface area contributed by atoms with Crippen LogP contribution in [0.2, 0.25) is 0 Å². The van der Waals surface area contributed by atoms with Crippen LogP contribution >= 0.6 is 11.3 Å². The summed E-state index contributed by atoms with van der Waals surface area (Å²) in [5.41, 5.74) is 0.208. The van der Waals surface area contributed by atoms with Gasteiger partial charge in [0.1, 0.15) is 16.9 Å². The lowest BCUT2D eigenvalue weighted by atomic mass is 10.2. The second kappa shape index (κ2) is 5.05. The van der Waals surface area contributed by atoms with Crippen molar-refractivity contribution < 1.29 is 14.3 Å². The van der Waals surface area contributed by atoms with Crippen molar-refractivity contribution in [3.8, 4) is 5.75 Å². The van der Waals surface area contributed by atoms with Crippen LogP contribution in [0, 0.1) is 0 Å². The Morgan fingerprint density at radius 3 is 2.74 bits per heavy atom. The van der Waals surface area contributed by atoms with Crippen LogP contribution in [0.25, 0.3) is 10.2 Å². The number of fused-ring (bicyclic) bond motifs is 1. The van der Waals surface area contributed by atoms with Gasteiger partial charge >= 0.3 is 6.09 Å². The molecule has 0 spiro atoms. The number of para-hydroxylation sites is 1. The van der Waals surface area contributed by atoms with Gasteiger partial charge in [0, 0.05) is 0 Å². The zero-order valence-electron chi connectivity index (χ0n) is 11.3. The van der Waals surface area contributed by atoms with E-state index in [2.05, 4.69) is 10.3 Å². The summed E-state index contributed by atoms with van der Waals surface area (Å²) >= 11 is 1.38. The first-order valence-corrected chi connectivity index (χ1v) is 6.64. The molecule has 102 valence electrons. The van der Waals surface area contributed by atoms with Crippen LogP contribution in [0.3, 0.4) is 0 Å². The number of nitrogens with one attached hydrogen (secondary N) is 1. The van der Waals surface area contributed by atoms with Gasteiger partial charge in [0.25, 0.3) is 0 Å². The summed E-state index contributed by atoms with van der Waals surface area (Å²) in [4.78, 5) is 16.0. The molecule has 0 aliphatic rings. The number of amides is 1. The molecule has 1 aromatic heterocycles. The summed E-state index contributed by atoms with van der Waals surface area (Å²) in [6.07, 6.45) is -0.509. The molecule has 6 heteroatoms. The molecule has 1 heterocycles. The monoisotopic (exact) mass is 280 g/mol. The topological polar surface area (TPSA) is 60.5 Å². The van der Waals surface area contributed by atoms with E-state index in [4.69, 9.17) is 9.47 Å². The lowest BCUT2D eigenvalue weighted by Crippen LogP contribution is -2.27. The maximum atomic E-state index is 11.7. The Kier molecular flexibility index (Phi) is 3.61. The van der Waals surface area contributed by atoms with Gasteiger partial charge in [-0.15, -0.1) is 0 Å². The molecule has 1 N–H and O–H groups in total. The number of hydrogen-bond donors (Lipinski definition) is 1. The quantitative estimate of drug-likeness (QED) is 0.912. The van der Waals surface area contributed by atoms with E-state index in [1.54, 1.807) is 7.11 Å². The summed E-state index contributed by atoms with van der Waals surface area (Å²) in [7, 11) is 1.59. The van der Waals surface area contributed by atoms with Crippen LogP contribution in [0.1, 0.15) is 20.8 Å². The van der Waals surface area contributed by atoms with Crippen LogP contribution in [0.4, 0.5) is 9.93 Å².